The van der Waals surface area contributed by atoms with Gasteiger partial charge in [0, 0.05) is 5.75 Å². The van der Waals surface area contributed by atoms with Gasteiger partial charge in [-0.25, -0.2) is 6.07 Å². The van der Waals surface area contributed by atoms with Gasteiger partial charge in [-0.3, -0.25) is 5.56 Å². The maximum Gasteiger partial charge on any atom is 1.00 e. The molecule has 0 unspecified atom stereocenters. The van der Waals surface area contributed by atoms with Crippen molar-refractivity contribution < 1.29 is 39.8 Å². The fraction of sp³-hybridized carbons (Fsp3) is 0. The molecule has 0 amide bonds. The summed E-state index contributed by atoms with van der Waals surface area (Å²) in [6, 6.07) is 6.90. The van der Waals surface area contributed by atoms with Crippen LogP contribution in [0, 0.1) is 12.6 Å². The van der Waals surface area contributed by atoms with E-state index >= 15 is 0 Å². The third-order valence-corrected chi connectivity index (χ3v) is 1.06. The van der Waals surface area contributed by atoms with Gasteiger partial charge >= 0.3 is 29.6 Å². The van der Waals surface area contributed by atoms with E-state index in [-0.39, 0.29) is 41.1 Å². The van der Waals surface area contributed by atoms with E-state index in [2.05, 4.69) is 6.07 Å². The van der Waals surface area contributed by atoms with Gasteiger partial charge in [0.1, 0.15) is 0 Å². The minimum Gasteiger partial charge on any atom is -0.589 e. The smallest absolute Gasteiger partial charge is 0.589 e. The van der Waals surface area contributed by atoms with Gasteiger partial charge in [-0.15, -0.1) is 11.8 Å². The molecule has 0 aliphatic carbocycles. The molecule has 0 aliphatic heterocycles. The molecule has 0 heterocycles. The van der Waals surface area contributed by atoms with Crippen molar-refractivity contribution in [1.82, 2.24) is 0 Å². The molecule has 1 aromatic rings. The van der Waals surface area contributed by atoms with Crippen LogP contribution in [0.2, 0.25) is 0 Å². The summed E-state index contributed by atoms with van der Waals surface area (Å²) in [5.74, 6) is -0.276. The normalized spacial score (nSPS) is 8.36. The number of benzene rings is 1. The first kappa shape index (κ1) is 10.6. The number of aliphatic hydroxyl groups is 1. The summed E-state index contributed by atoms with van der Waals surface area (Å²) < 4.78 is 0. The second-order valence-corrected chi connectivity index (χ2v) is 1.85. The monoisotopic (exact) mass is 157 g/mol. The van der Waals surface area contributed by atoms with Crippen LogP contribution >= 0.6 is 0 Å². The molecule has 0 aliphatic rings. The van der Waals surface area contributed by atoms with E-state index in [1.807, 2.05) is 0 Å². The van der Waals surface area contributed by atoms with E-state index in [9.17, 15) is 0 Å². The predicted molar refractivity (Wildman–Crippen MR) is 37.3 cm³/mol. The van der Waals surface area contributed by atoms with Crippen molar-refractivity contribution >= 4 is 5.76 Å². The van der Waals surface area contributed by atoms with Crippen LogP contribution in [0.15, 0.2) is 18.2 Å². The quantitative estimate of drug-likeness (QED) is 0.297. The van der Waals surface area contributed by atoms with Crippen LogP contribution in [-0.2, 0) is 0 Å². The van der Waals surface area contributed by atoms with Gasteiger partial charge in [0.15, 0.2) is 0 Å². The Morgan fingerprint density at radius 1 is 1.55 bits per heavy atom. The SMILES string of the molecule is [CH-]=C(O)c1[c-]ccc(O)c1.[Na+]. The van der Waals surface area contributed by atoms with Gasteiger partial charge in [-0.1, -0.05) is 0 Å². The van der Waals surface area contributed by atoms with Gasteiger partial charge in [0.2, 0.25) is 0 Å². The number of phenols is 1. The first-order valence-electron chi connectivity index (χ1n) is 2.72. The second-order valence-electron chi connectivity index (χ2n) is 1.85. The number of aromatic hydroxyl groups is 1. The zero-order valence-electron chi connectivity index (χ0n) is 6.20. The predicted octanol–water partition coefficient (Wildman–Crippen LogP) is -1.47. The molecule has 3 heteroatoms. The molecule has 0 atom stereocenters. The van der Waals surface area contributed by atoms with Crippen molar-refractivity contribution in [3.63, 3.8) is 0 Å². The summed E-state index contributed by atoms with van der Waals surface area (Å²) in [5.41, 5.74) is 0.306. The van der Waals surface area contributed by atoms with Crippen molar-refractivity contribution in [3.05, 3.63) is 36.4 Å². The summed E-state index contributed by atoms with van der Waals surface area (Å²) in [4.78, 5) is 0. The van der Waals surface area contributed by atoms with E-state index in [1.54, 1.807) is 0 Å². The molecule has 0 radical (unpaired) electrons. The van der Waals surface area contributed by atoms with Crippen LogP contribution in [0.3, 0.4) is 0 Å². The van der Waals surface area contributed by atoms with Crippen LogP contribution in [0.4, 0.5) is 0 Å². The third kappa shape index (κ3) is 2.97. The average Bonchev–Trinajstić information content (AvgIpc) is 1.88. The zero-order valence-corrected chi connectivity index (χ0v) is 8.20. The molecule has 2 N–H and O–H groups in total. The van der Waals surface area contributed by atoms with Crippen LogP contribution in [0.25, 0.3) is 5.76 Å². The van der Waals surface area contributed by atoms with Gasteiger partial charge in [-0.05, 0) is 0 Å². The Kier molecular flexibility index (Phi) is 4.26. The van der Waals surface area contributed by atoms with Crippen molar-refractivity contribution in [3.8, 4) is 5.75 Å². The molecule has 0 aromatic heterocycles. The molecule has 11 heavy (non-hydrogen) atoms. The molecule has 1 rings (SSSR count). The summed E-state index contributed by atoms with van der Waals surface area (Å²) in [6.07, 6.45) is 0. The van der Waals surface area contributed by atoms with E-state index in [0.717, 1.165) is 0 Å². The summed E-state index contributed by atoms with van der Waals surface area (Å²) >= 11 is 0. The Bertz CT molecular complexity index is 258. The molecule has 52 valence electrons. The maximum atomic E-state index is 8.86. The molecule has 2 nitrogen and oxygen atoms in total. The third-order valence-electron chi connectivity index (χ3n) is 1.06. The Labute approximate surface area is 87.5 Å². The van der Waals surface area contributed by atoms with E-state index in [0.29, 0.717) is 5.56 Å². The maximum absolute atomic E-state index is 8.86. The van der Waals surface area contributed by atoms with Crippen LogP contribution in [0.5, 0.6) is 5.75 Å². The van der Waals surface area contributed by atoms with Gasteiger partial charge in [0.05, 0.1) is 0 Å². The fourth-order valence-corrected chi connectivity index (χ4v) is 0.602. The van der Waals surface area contributed by atoms with Crippen molar-refractivity contribution in [2.75, 3.05) is 0 Å². The van der Waals surface area contributed by atoms with Crippen molar-refractivity contribution in [1.29, 1.82) is 0 Å². The molecule has 0 saturated carbocycles. The van der Waals surface area contributed by atoms with Crippen LogP contribution in [0.1, 0.15) is 5.56 Å². The first-order valence-corrected chi connectivity index (χ1v) is 2.72. The van der Waals surface area contributed by atoms with E-state index < -0.39 is 0 Å². The number of rotatable bonds is 1. The van der Waals surface area contributed by atoms with Crippen molar-refractivity contribution in [2.45, 2.75) is 0 Å². The second kappa shape index (κ2) is 4.44. The minimum absolute atomic E-state index is 0. The van der Waals surface area contributed by atoms with Crippen molar-refractivity contribution in [2.24, 2.45) is 0 Å². The molecule has 0 bridgehead atoms. The molecule has 0 spiro atoms. The number of aliphatic hydroxyl groups excluding tert-OH is 1. The molecule has 0 fully saturated rings. The summed E-state index contributed by atoms with van der Waals surface area (Å²) in [6.45, 7) is 5.01. The number of phenolic OH excluding ortho intramolecular Hbond substituents is 1. The minimum atomic E-state index is -0.337. The topological polar surface area (TPSA) is 40.5 Å². The van der Waals surface area contributed by atoms with Crippen LogP contribution < -0.4 is 29.6 Å². The first-order chi connectivity index (χ1) is 4.70. The molecule has 0 saturated heterocycles. The molecular weight excluding hydrogens is 151 g/mol. The van der Waals surface area contributed by atoms with Crippen LogP contribution in [-0.4, -0.2) is 10.2 Å². The zero-order chi connectivity index (χ0) is 7.56. The van der Waals surface area contributed by atoms with E-state index in [1.165, 1.54) is 18.2 Å². The molecule has 1 aromatic carbocycles. The Balaban J connectivity index is 0.000001000. The van der Waals surface area contributed by atoms with E-state index in [4.69, 9.17) is 16.8 Å². The summed E-state index contributed by atoms with van der Waals surface area (Å²) in [5, 5.41) is 17.6. The van der Waals surface area contributed by atoms with Gasteiger partial charge < -0.3 is 16.8 Å². The Morgan fingerprint density at radius 3 is 2.55 bits per heavy atom. The number of hydrogen-bond acceptors (Lipinski definition) is 2. The Hall–Kier alpha value is -0.440. The standard InChI is InChI=1S/C8H6O2.Na/c1-6(9)7-3-2-4-8(10)5-7;/h1-2,4-5,9-10H;/q-2;+1. The average molecular weight is 157 g/mol. The van der Waals surface area contributed by atoms with Gasteiger partial charge in [0.25, 0.3) is 0 Å². The largest absolute Gasteiger partial charge is 1.00 e. The Morgan fingerprint density at radius 2 is 2.18 bits per heavy atom. The summed E-state index contributed by atoms with van der Waals surface area (Å²) in [7, 11) is 0. The van der Waals surface area contributed by atoms with Gasteiger partial charge in [-0.2, -0.15) is 12.1 Å². The number of hydrogen-bond donors (Lipinski definition) is 2. The fourth-order valence-electron chi connectivity index (χ4n) is 0.602. The molecular formula is C8H6NaO2-.